The molecule has 0 bridgehead atoms. The summed E-state index contributed by atoms with van der Waals surface area (Å²) in [5, 5.41) is 6.32. The highest BCUT2D eigenvalue weighted by Crippen LogP contribution is 2.22. The Labute approximate surface area is 129 Å². The van der Waals surface area contributed by atoms with Gasteiger partial charge in [0.15, 0.2) is 5.58 Å². The first-order chi connectivity index (χ1) is 10.3. The van der Waals surface area contributed by atoms with Gasteiger partial charge in [-0.15, -0.1) is 11.3 Å². The second-order valence-corrected chi connectivity index (χ2v) is 5.95. The Morgan fingerprint density at radius 2 is 2.29 bits per heavy atom. The van der Waals surface area contributed by atoms with Crippen molar-refractivity contribution in [3.8, 4) is 0 Å². The van der Waals surface area contributed by atoms with Crippen molar-refractivity contribution in [2.75, 3.05) is 5.75 Å². The van der Waals surface area contributed by atoms with Gasteiger partial charge in [0.05, 0.1) is 12.0 Å². The second-order valence-electron chi connectivity index (χ2n) is 4.04. The topological polar surface area (TPSA) is 67.5 Å². The molecule has 1 amide bonds. The molecule has 0 unspecified atom stereocenters. The molecule has 3 rings (SSSR count). The molecule has 7 heteroatoms. The third-order valence-corrected chi connectivity index (χ3v) is 4.16. The van der Waals surface area contributed by atoms with E-state index in [1.54, 1.807) is 17.6 Å². The van der Waals surface area contributed by atoms with Gasteiger partial charge in [-0.05, 0) is 23.6 Å². The summed E-state index contributed by atoms with van der Waals surface area (Å²) in [5.41, 5.74) is 3.98. The SMILES string of the molecule is O=C(CSc1nc2ccccc2o1)N/N=C/c1cccs1. The Bertz CT molecular complexity index is 732. The van der Waals surface area contributed by atoms with Crippen molar-refractivity contribution in [1.82, 2.24) is 10.4 Å². The largest absolute Gasteiger partial charge is 0.431 e. The maximum Gasteiger partial charge on any atom is 0.257 e. The van der Waals surface area contributed by atoms with Gasteiger partial charge in [0.1, 0.15) is 5.52 Å². The van der Waals surface area contributed by atoms with Crippen LogP contribution in [0.5, 0.6) is 0 Å². The minimum absolute atomic E-state index is 0.199. The lowest BCUT2D eigenvalue weighted by Crippen LogP contribution is -2.19. The van der Waals surface area contributed by atoms with Crippen LogP contribution in [-0.4, -0.2) is 22.9 Å². The highest BCUT2D eigenvalue weighted by Gasteiger charge is 2.08. The number of thiophene rings is 1. The molecule has 0 spiro atoms. The Balaban J connectivity index is 1.51. The molecule has 2 aromatic heterocycles. The zero-order chi connectivity index (χ0) is 14.5. The first-order valence-corrected chi connectivity index (χ1v) is 8.01. The van der Waals surface area contributed by atoms with E-state index >= 15 is 0 Å². The average molecular weight is 317 g/mol. The van der Waals surface area contributed by atoms with E-state index in [1.807, 2.05) is 41.8 Å². The molecule has 106 valence electrons. The zero-order valence-corrected chi connectivity index (χ0v) is 12.5. The molecule has 0 atom stereocenters. The number of benzene rings is 1. The van der Waals surface area contributed by atoms with E-state index < -0.39 is 0 Å². The Hall–Kier alpha value is -2.12. The number of carbonyl (C=O) groups excluding carboxylic acids is 1. The van der Waals surface area contributed by atoms with E-state index in [0.29, 0.717) is 5.22 Å². The highest BCUT2D eigenvalue weighted by molar-refractivity contribution is 7.99. The fraction of sp³-hybridized carbons (Fsp3) is 0.0714. The molecule has 2 heterocycles. The predicted octanol–water partition coefficient (Wildman–Crippen LogP) is 3.13. The fourth-order valence-electron chi connectivity index (χ4n) is 1.60. The van der Waals surface area contributed by atoms with Crippen LogP contribution >= 0.6 is 23.1 Å². The van der Waals surface area contributed by atoms with Crippen LogP contribution in [0.3, 0.4) is 0 Å². The maximum absolute atomic E-state index is 11.6. The van der Waals surface area contributed by atoms with E-state index in [0.717, 1.165) is 16.0 Å². The van der Waals surface area contributed by atoms with Gasteiger partial charge >= 0.3 is 0 Å². The molecule has 0 radical (unpaired) electrons. The number of hydrazone groups is 1. The second kappa shape index (κ2) is 6.55. The van der Waals surface area contributed by atoms with Crippen LogP contribution in [0, 0.1) is 0 Å². The summed E-state index contributed by atoms with van der Waals surface area (Å²) in [7, 11) is 0. The summed E-state index contributed by atoms with van der Waals surface area (Å²) in [6.07, 6.45) is 1.62. The lowest BCUT2D eigenvalue weighted by molar-refractivity contribution is -0.118. The number of aromatic nitrogens is 1. The van der Waals surface area contributed by atoms with Crippen molar-refractivity contribution in [3.05, 3.63) is 46.7 Å². The monoisotopic (exact) mass is 317 g/mol. The van der Waals surface area contributed by atoms with Gasteiger partial charge in [0.2, 0.25) is 0 Å². The summed E-state index contributed by atoms with van der Waals surface area (Å²) in [6.45, 7) is 0. The van der Waals surface area contributed by atoms with E-state index in [4.69, 9.17) is 4.42 Å². The van der Waals surface area contributed by atoms with Crippen LogP contribution in [-0.2, 0) is 4.79 Å². The van der Waals surface area contributed by atoms with Gasteiger partial charge in [-0.3, -0.25) is 4.79 Å². The molecule has 0 fully saturated rings. The first-order valence-electron chi connectivity index (χ1n) is 6.15. The molecule has 0 saturated carbocycles. The molecule has 1 aromatic carbocycles. The molecule has 0 aliphatic heterocycles. The average Bonchev–Trinajstić information content (AvgIpc) is 3.13. The molecular formula is C14H11N3O2S2. The Morgan fingerprint density at radius 3 is 3.10 bits per heavy atom. The number of oxazole rings is 1. The molecule has 0 saturated heterocycles. The maximum atomic E-state index is 11.6. The van der Waals surface area contributed by atoms with Gasteiger partial charge in [0.25, 0.3) is 11.1 Å². The summed E-state index contributed by atoms with van der Waals surface area (Å²) in [4.78, 5) is 16.9. The number of para-hydroxylation sites is 2. The van der Waals surface area contributed by atoms with Gasteiger partial charge in [-0.2, -0.15) is 5.10 Å². The number of amides is 1. The smallest absolute Gasteiger partial charge is 0.257 e. The normalized spacial score (nSPS) is 11.2. The summed E-state index contributed by atoms with van der Waals surface area (Å²) in [5.74, 6) is 0.00396. The molecule has 1 N–H and O–H groups in total. The number of thioether (sulfide) groups is 1. The minimum Gasteiger partial charge on any atom is -0.431 e. The molecule has 21 heavy (non-hydrogen) atoms. The van der Waals surface area contributed by atoms with Crippen molar-refractivity contribution in [2.24, 2.45) is 5.10 Å². The van der Waals surface area contributed by atoms with Gasteiger partial charge < -0.3 is 4.42 Å². The number of nitrogens with zero attached hydrogens (tertiary/aromatic N) is 2. The molecule has 0 aliphatic rings. The van der Waals surface area contributed by atoms with Crippen LogP contribution in [0.4, 0.5) is 0 Å². The van der Waals surface area contributed by atoms with E-state index in [1.165, 1.54) is 11.8 Å². The van der Waals surface area contributed by atoms with Crippen molar-refractivity contribution >= 4 is 46.3 Å². The number of nitrogens with one attached hydrogen (secondary N) is 1. The summed E-state index contributed by atoms with van der Waals surface area (Å²) < 4.78 is 5.52. The fourth-order valence-corrected chi connectivity index (χ4v) is 2.82. The summed E-state index contributed by atoms with van der Waals surface area (Å²) >= 11 is 2.80. The van der Waals surface area contributed by atoms with Gasteiger partial charge in [0, 0.05) is 4.88 Å². The number of hydrogen-bond acceptors (Lipinski definition) is 6. The van der Waals surface area contributed by atoms with Gasteiger partial charge in [-0.1, -0.05) is 30.0 Å². The zero-order valence-electron chi connectivity index (χ0n) is 10.9. The Kier molecular flexibility index (Phi) is 4.32. The van der Waals surface area contributed by atoms with E-state index in [2.05, 4.69) is 15.5 Å². The van der Waals surface area contributed by atoms with Crippen molar-refractivity contribution in [1.29, 1.82) is 0 Å². The van der Waals surface area contributed by atoms with Gasteiger partial charge in [-0.25, -0.2) is 10.4 Å². The lowest BCUT2D eigenvalue weighted by Gasteiger charge is -1.96. The quantitative estimate of drug-likeness (QED) is 0.446. The van der Waals surface area contributed by atoms with Crippen LogP contribution in [0.1, 0.15) is 4.88 Å². The number of hydrogen-bond donors (Lipinski definition) is 1. The van der Waals surface area contributed by atoms with E-state index in [9.17, 15) is 4.79 Å². The van der Waals surface area contributed by atoms with Crippen LogP contribution in [0.2, 0.25) is 0 Å². The third-order valence-electron chi connectivity index (χ3n) is 2.53. The van der Waals surface area contributed by atoms with E-state index in [-0.39, 0.29) is 11.7 Å². The van der Waals surface area contributed by atoms with Crippen LogP contribution in [0.25, 0.3) is 11.1 Å². The van der Waals surface area contributed by atoms with Crippen molar-refractivity contribution in [3.63, 3.8) is 0 Å². The number of rotatable bonds is 5. The van der Waals surface area contributed by atoms with Crippen molar-refractivity contribution in [2.45, 2.75) is 5.22 Å². The number of carbonyl (C=O) groups is 1. The molecule has 5 nitrogen and oxygen atoms in total. The predicted molar refractivity (Wildman–Crippen MR) is 84.8 cm³/mol. The minimum atomic E-state index is -0.199. The molecule has 3 aromatic rings. The first kappa shape index (κ1) is 13.8. The number of fused-ring (bicyclic) bond motifs is 1. The molecule has 0 aliphatic carbocycles. The molecular weight excluding hydrogens is 306 g/mol. The summed E-state index contributed by atoms with van der Waals surface area (Å²) in [6, 6.07) is 11.3. The Morgan fingerprint density at radius 1 is 1.38 bits per heavy atom. The lowest BCUT2D eigenvalue weighted by atomic mass is 10.3. The highest BCUT2D eigenvalue weighted by atomic mass is 32.2. The van der Waals surface area contributed by atoms with Crippen molar-refractivity contribution < 1.29 is 9.21 Å². The van der Waals surface area contributed by atoms with Crippen LogP contribution < -0.4 is 5.43 Å². The van der Waals surface area contributed by atoms with Crippen LogP contribution in [0.15, 0.2) is 56.5 Å². The standard InChI is InChI=1S/C14H11N3O2S2/c18-13(17-15-8-10-4-3-7-20-10)9-21-14-16-11-5-1-2-6-12(11)19-14/h1-8H,9H2,(H,17,18)/b15-8+. The third kappa shape index (κ3) is 3.71.